The standard InChI is InChI=1S/C16H28N2OS/c1-20-15-9-5-4-8-13(15)18-16(19)14-10-11-6-2-3-7-12(11)17-14/h11-15,17H,2-10H2,1H3,(H,18,19). The summed E-state index contributed by atoms with van der Waals surface area (Å²) in [6.45, 7) is 0. The van der Waals surface area contributed by atoms with Gasteiger partial charge in [-0.25, -0.2) is 0 Å². The van der Waals surface area contributed by atoms with Gasteiger partial charge in [-0.1, -0.05) is 25.7 Å². The summed E-state index contributed by atoms with van der Waals surface area (Å²) < 4.78 is 0. The van der Waals surface area contributed by atoms with E-state index in [0.29, 0.717) is 17.3 Å². The maximum Gasteiger partial charge on any atom is 0.237 e. The van der Waals surface area contributed by atoms with Crippen LogP contribution in [0.3, 0.4) is 0 Å². The summed E-state index contributed by atoms with van der Waals surface area (Å²) in [4.78, 5) is 12.5. The zero-order valence-electron chi connectivity index (χ0n) is 12.6. The molecule has 20 heavy (non-hydrogen) atoms. The van der Waals surface area contributed by atoms with E-state index >= 15 is 0 Å². The van der Waals surface area contributed by atoms with Crippen LogP contribution in [0.2, 0.25) is 0 Å². The maximum atomic E-state index is 12.5. The minimum Gasteiger partial charge on any atom is -0.351 e. The van der Waals surface area contributed by atoms with Gasteiger partial charge in [0.25, 0.3) is 0 Å². The SMILES string of the molecule is CSC1CCCCC1NC(=O)C1CC2CCCCC2N1. The second-order valence-electron chi connectivity index (χ2n) is 6.78. The highest BCUT2D eigenvalue weighted by molar-refractivity contribution is 7.99. The lowest BCUT2D eigenvalue weighted by Crippen LogP contribution is -2.50. The number of thioether (sulfide) groups is 1. The van der Waals surface area contributed by atoms with Crippen molar-refractivity contribution in [1.29, 1.82) is 0 Å². The van der Waals surface area contributed by atoms with E-state index in [-0.39, 0.29) is 11.9 Å². The van der Waals surface area contributed by atoms with E-state index in [1.54, 1.807) is 0 Å². The number of carbonyl (C=O) groups excluding carboxylic acids is 1. The van der Waals surface area contributed by atoms with Crippen LogP contribution in [-0.4, -0.2) is 35.5 Å². The molecule has 2 aliphatic carbocycles. The van der Waals surface area contributed by atoms with Gasteiger partial charge in [-0.15, -0.1) is 0 Å². The predicted molar refractivity (Wildman–Crippen MR) is 85.0 cm³/mol. The van der Waals surface area contributed by atoms with E-state index in [4.69, 9.17) is 0 Å². The Morgan fingerprint density at radius 2 is 1.85 bits per heavy atom. The van der Waals surface area contributed by atoms with E-state index in [0.717, 1.165) is 18.8 Å². The van der Waals surface area contributed by atoms with Crippen LogP contribution >= 0.6 is 11.8 Å². The molecule has 5 atom stereocenters. The van der Waals surface area contributed by atoms with Gasteiger partial charge >= 0.3 is 0 Å². The van der Waals surface area contributed by atoms with Gasteiger partial charge in [0.15, 0.2) is 0 Å². The highest BCUT2D eigenvalue weighted by Crippen LogP contribution is 2.33. The third-order valence-electron chi connectivity index (χ3n) is 5.51. The molecule has 3 rings (SSSR count). The molecule has 0 spiro atoms. The molecule has 3 aliphatic rings. The van der Waals surface area contributed by atoms with Crippen LogP contribution in [0.1, 0.15) is 57.8 Å². The number of carbonyl (C=O) groups is 1. The Morgan fingerprint density at radius 3 is 2.65 bits per heavy atom. The monoisotopic (exact) mass is 296 g/mol. The quantitative estimate of drug-likeness (QED) is 0.841. The van der Waals surface area contributed by atoms with Gasteiger partial charge in [0.1, 0.15) is 0 Å². The van der Waals surface area contributed by atoms with Crippen LogP contribution in [0, 0.1) is 5.92 Å². The van der Waals surface area contributed by atoms with E-state index < -0.39 is 0 Å². The molecule has 1 heterocycles. The van der Waals surface area contributed by atoms with Crippen LogP contribution in [0.15, 0.2) is 0 Å². The fraction of sp³-hybridized carbons (Fsp3) is 0.938. The zero-order chi connectivity index (χ0) is 13.9. The first kappa shape index (κ1) is 14.7. The van der Waals surface area contributed by atoms with Crippen LogP contribution in [-0.2, 0) is 4.79 Å². The summed E-state index contributed by atoms with van der Waals surface area (Å²) in [7, 11) is 0. The molecule has 4 heteroatoms. The summed E-state index contributed by atoms with van der Waals surface area (Å²) in [6, 6.07) is 1.09. The van der Waals surface area contributed by atoms with Crippen molar-refractivity contribution in [3.63, 3.8) is 0 Å². The first-order valence-electron chi connectivity index (χ1n) is 8.37. The Hall–Kier alpha value is -0.220. The van der Waals surface area contributed by atoms with E-state index in [2.05, 4.69) is 16.9 Å². The number of fused-ring (bicyclic) bond motifs is 1. The minimum atomic E-state index is 0.0764. The van der Waals surface area contributed by atoms with Crippen molar-refractivity contribution in [3.05, 3.63) is 0 Å². The van der Waals surface area contributed by atoms with Crippen molar-refractivity contribution in [1.82, 2.24) is 10.6 Å². The lowest BCUT2D eigenvalue weighted by atomic mass is 9.85. The van der Waals surface area contributed by atoms with Gasteiger partial charge in [0.05, 0.1) is 6.04 Å². The highest BCUT2D eigenvalue weighted by Gasteiger charge is 2.39. The van der Waals surface area contributed by atoms with E-state index in [9.17, 15) is 4.79 Å². The average molecular weight is 296 g/mol. The fourth-order valence-electron chi connectivity index (χ4n) is 4.35. The largest absolute Gasteiger partial charge is 0.351 e. The molecule has 2 saturated carbocycles. The Labute approximate surface area is 127 Å². The summed E-state index contributed by atoms with van der Waals surface area (Å²) >= 11 is 1.92. The van der Waals surface area contributed by atoms with E-state index in [1.165, 1.54) is 44.9 Å². The molecule has 0 aromatic rings. The molecule has 3 fully saturated rings. The van der Waals surface area contributed by atoms with Crippen LogP contribution in [0.4, 0.5) is 0 Å². The number of amides is 1. The maximum absolute atomic E-state index is 12.5. The summed E-state index contributed by atoms with van der Waals surface area (Å²) in [5, 5.41) is 7.57. The van der Waals surface area contributed by atoms with Gasteiger partial charge in [0.2, 0.25) is 5.91 Å². The average Bonchev–Trinajstić information content (AvgIpc) is 2.92. The number of rotatable bonds is 3. The molecule has 1 saturated heterocycles. The lowest BCUT2D eigenvalue weighted by molar-refractivity contribution is -0.123. The minimum absolute atomic E-state index is 0.0764. The van der Waals surface area contributed by atoms with Gasteiger partial charge < -0.3 is 10.6 Å². The zero-order valence-corrected chi connectivity index (χ0v) is 13.4. The normalized spacial score (nSPS) is 41.1. The molecular weight excluding hydrogens is 268 g/mol. The molecule has 1 aliphatic heterocycles. The molecule has 0 radical (unpaired) electrons. The molecule has 114 valence electrons. The topological polar surface area (TPSA) is 41.1 Å². The molecule has 3 nitrogen and oxygen atoms in total. The first-order chi connectivity index (χ1) is 9.78. The summed E-state index contributed by atoms with van der Waals surface area (Å²) in [6.07, 6.45) is 13.5. The fourth-order valence-corrected chi connectivity index (χ4v) is 5.28. The molecule has 0 bridgehead atoms. The summed E-state index contributed by atoms with van der Waals surface area (Å²) in [5.74, 6) is 1.02. The number of hydrogen-bond donors (Lipinski definition) is 2. The molecule has 0 aromatic carbocycles. The summed E-state index contributed by atoms with van der Waals surface area (Å²) in [5.41, 5.74) is 0. The van der Waals surface area contributed by atoms with Crippen molar-refractivity contribution >= 4 is 17.7 Å². The smallest absolute Gasteiger partial charge is 0.237 e. The second-order valence-corrected chi connectivity index (χ2v) is 7.86. The Morgan fingerprint density at radius 1 is 1.10 bits per heavy atom. The Balaban J connectivity index is 1.54. The molecular formula is C16H28N2OS. The van der Waals surface area contributed by atoms with Crippen molar-refractivity contribution in [2.24, 2.45) is 5.92 Å². The van der Waals surface area contributed by atoms with Crippen molar-refractivity contribution in [3.8, 4) is 0 Å². The molecule has 5 unspecified atom stereocenters. The van der Waals surface area contributed by atoms with Gasteiger partial charge in [-0.05, 0) is 44.3 Å². The molecule has 1 amide bonds. The van der Waals surface area contributed by atoms with Gasteiger partial charge in [-0.3, -0.25) is 4.79 Å². The Bertz CT molecular complexity index is 335. The van der Waals surface area contributed by atoms with Crippen molar-refractivity contribution < 1.29 is 4.79 Å². The van der Waals surface area contributed by atoms with Gasteiger partial charge in [-0.2, -0.15) is 11.8 Å². The van der Waals surface area contributed by atoms with Crippen LogP contribution < -0.4 is 10.6 Å². The number of hydrogen-bond acceptors (Lipinski definition) is 3. The number of nitrogens with one attached hydrogen (secondary N) is 2. The van der Waals surface area contributed by atoms with E-state index in [1.807, 2.05) is 11.8 Å². The van der Waals surface area contributed by atoms with Crippen molar-refractivity contribution in [2.75, 3.05) is 6.26 Å². The lowest BCUT2D eigenvalue weighted by Gasteiger charge is -2.31. The van der Waals surface area contributed by atoms with Crippen LogP contribution in [0.25, 0.3) is 0 Å². The molecule has 2 N–H and O–H groups in total. The second kappa shape index (κ2) is 6.69. The predicted octanol–water partition coefficient (Wildman–Crippen LogP) is 2.70. The van der Waals surface area contributed by atoms with Crippen LogP contribution in [0.5, 0.6) is 0 Å². The van der Waals surface area contributed by atoms with Crippen molar-refractivity contribution in [2.45, 2.75) is 81.2 Å². The third-order valence-corrected chi connectivity index (χ3v) is 6.68. The Kier molecular flexibility index (Phi) is 4.92. The molecule has 0 aromatic heterocycles. The first-order valence-corrected chi connectivity index (χ1v) is 9.66. The van der Waals surface area contributed by atoms with Gasteiger partial charge in [0, 0.05) is 17.3 Å². The third kappa shape index (κ3) is 3.16. The highest BCUT2D eigenvalue weighted by atomic mass is 32.2.